The van der Waals surface area contributed by atoms with Crippen LogP contribution in [0.4, 0.5) is 11.4 Å². The van der Waals surface area contributed by atoms with Crippen molar-refractivity contribution in [3.05, 3.63) is 33.5 Å². The van der Waals surface area contributed by atoms with Gasteiger partial charge >= 0.3 is 0 Å². The van der Waals surface area contributed by atoms with E-state index in [-0.39, 0.29) is 0 Å². The summed E-state index contributed by atoms with van der Waals surface area (Å²) in [4.78, 5) is 1.08. The van der Waals surface area contributed by atoms with Crippen LogP contribution in [0.2, 0.25) is 5.02 Å². The molecule has 0 saturated carbocycles. The molecule has 0 aliphatic heterocycles. The Kier molecular flexibility index (Phi) is 4.39. The molecule has 0 radical (unpaired) electrons. The zero-order valence-electron chi connectivity index (χ0n) is 10.7. The summed E-state index contributed by atoms with van der Waals surface area (Å²) in [5.74, 6) is 1.27. The molecule has 0 bridgehead atoms. The second-order valence-corrected chi connectivity index (χ2v) is 5.25. The van der Waals surface area contributed by atoms with Gasteiger partial charge in [0.15, 0.2) is 0 Å². The SMILES string of the molecule is COc1cc(NCc2sccc2N)c(OC)cc1Cl. The molecule has 1 heterocycles. The van der Waals surface area contributed by atoms with Gasteiger partial charge in [-0.05, 0) is 11.4 Å². The standard InChI is InChI=1S/C13H15ClN2O2S/c1-17-11-6-10(12(18-2)5-8(11)14)16-7-13-9(15)3-4-19-13/h3-6,16H,7,15H2,1-2H3. The van der Waals surface area contributed by atoms with E-state index in [1.807, 2.05) is 17.5 Å². The average Bonchev–Trinajstić information content (AvgIpc) is 2.82. The summed E-state index contributed by atoms with van der Waals surface area (Å²) in [6.45, 7) is 0.630. The average molecular weight is 299 g/mol. The lowest BCUT2D eigenvalue weighted by Gasteiger charge is -2.13. The van der Waals surface area contributed by atoms with Crippen LogP contribution in [-0.4, -0.2) is 14.2 Å². The molecule has 1 aromatic heterocycles. The minimum absolute atomic E-state index is 0.514. The lowest BCUT2D eigenvalue weighted by molar-refractivity contribution is 0.404. The number of nitrogens with one attached hydrogen (secondary N) is 1. The first-order valence-corrected chi connectivity index (χ1v) is 6.88. The number of hydrogen-bond donors (Lipinski definition) is 2. The van der Waals surface area contributed by atoms with Gasteiger partial charge in [0.25, 0.3) is 0 Å². The number of halogens is 1. The molecule has 102 valence electrons. The highest BCUT2D eigenvalue weighted by Crippen LogP contribution is 2.36. The molecule has 0 spiro atoms. The van der Waals surface area contributed by atoms with Gasteiger partial charge < -0.3 is 20.5 Å². The second kappa shape index (κ2) is 6.04. The predicted octanol–water partition coefficient (Wildman–Crippen LogP) is 3.61. The Balaban J connectivity index is 2.21. The van der Waals surface area contributed by atoms with Crippen molar-refractivity contribution in [2.45, 2.75) is 6.54 Å². The molecule has 3 N–H and O–H groups in total. The fraction of sp³-hybridized carbons (Fsp3) is 0.231. The van der Waals surface area contributed by atoms with Crippen LogP contribution in [0.3, 0.4) is 0 Å². The molecule has 0 fully saturated rings. The Morgan fingerprint density at radius 1 is 1.26 bits per heavy atom. The number of benzene rings is 1. The molecular formula is C13H15ClN2O2S. The third-order valence-corrected chi connectivity index (χ3v) is 3.93. The number of hydrogen-bond acceptors (Lipinski definition) is 5. The molecule has 4 nitrogen and oxygen atoms in total. The molecule has 0 aliphatic rings. The van der Waals surface area contributed by atoms with Gasteiger partial charge in [-0.15, -0.1) is 11.3 Å². The molecule has 2 rings (SSSR count). The maximum atomic E-state index is 6.05. The fourth-order valence-corrected chi connectivity index (χ4v) is 2.64. The molecule has 1 aromatic carbocycles. The van der Waals surface area contributed by atoms with Crippen molar-refractivity contribution in [3.63, 3.8) is 0 Å². The molecule has 6 heteroatoms. The van der Waals surface area contributed by atoms with Crippen LogP contribution >= 0.6 is 22.9 Å². The van der Waals surface area contributed by atoms with Crippen LogP contribution in [0.25, 0.3) is 0 Å². The Labute approximate surface area is 121 Å². The topological polar surface area (TPSA) is 56.5 Å². The highest BCUT2D eigenvalue weighted by molar-refractivity contribution is 7.10. The summed E-state index contributed by atoms with van der Waals surface area (Å²) in [7, 11) is 3.18. The minimum atomic E-state index is 0.514. The van der Waals surface area contributed by atoms with Gasteiger partial charge in [-0.1, -0.05) is 11.6 Å². The van der Waals surface area contributed by atoms with Crippen LogP contribution in [0.1, 0.15) is 4.88 Å². The first-order chi connectivity index (χ1) is 9.15. The van der Waals surface area contributed by atoms with Gasteiger partial charge in [0.05, 0.1) is 31.5 Å². The molecule has 0 amide bonds. The maximum Gasteiger partial charge on any atom is 0.143 e. The molecule has 2 aromatic rings. The van der Waals surface area contributed by atoms with E-state index in [4.69, 9.17) is 26.8 Å². The van der Waals surface area contributed by atoms with Crippen molar-refractivity contribution in [1.82, 2.24) is 0 Å². The van der Waals surface area contributed by atoms with E-state index in [2.05, 4.69) is 5.32 Å². The number of thiophene rings is 1. The minimum Gasteiger partial charge on any atom is -0.495 e. The summed E-state index contributed by atoms with van der Waals surface area (Å²) >= 11 is 7.66. The number of ether oxygens (including phenoxy) is 2. The van der Waals surface area contributed by atoms with Crippen molar-refractivity contribution in [1.29, 1.82) is 0 Å². The van der Waals surface area contributed by atoms with Gasteiger partial charge in [0.2, 0.25) is 0 Å². The van der Waals surface area contributed by atoms with Gasteiger partial charge in [-0.3, -0.25) is 0 Å². The van der Waals surface area contributed by atoms with Crippen molar-refractivity contribution in [2.75, 3.05) is 25.3 Å². The van der Waals surface area contributed by atoms with E-state index in [1.54, 1.807) is 31.6 Å². The Bertz CT molecular complexity index is 572. The summed E-state index contributed by atoms with van der Waals surface area (Å²) in [5, 5.41) is 5.75. The van der Waals surface area contributed by atoms with Gasteiger partial charge in [-0.2, -0.15) is 0 Å². The second-order valence-electron chi connectivity index (χ2n) is 3.84. The summed E-state index contributed by atoms with van der Waals surface area (Å²) < 4.78 is 10.5. The van der Waals surface area contributed by atoms with Gasteiger partial charge in [-0.25, -0.2) is 0 Å². The quantitative estimate of drug-likeness (QED) is 0.885. The van der Waals surface area contributed by atoms with E-state index >= 15 is 0 Å². The highest BCUT2D eigenvalue weighted by atomic mass is 35.5. The predicted molar refractivity (Wildman–Crippen MR) is 80.6 cm³/mol. The largest absolute Gasteiger partial charge is 0.495 e. The number of rotatable bonds is 5. The van der Waals surface area contributed by atoms with Gasteiger partial charge in [0.1, 0.15) is 11.5 Å². The maximum absolute atomic E-state index is 6.05. The molecule has 19 heavy (non-hydrogen) atoms. The highest BCUT2D eigenvalue weighted by Gasteiger charge is 2.10. The third kappa shape index (κ3) is 3.05. The van der Waals surface area contributed by atoms with Crippen molar-refractivity contribution in [2.24, 2.45) is 0 Å². The monoisotopic (exact) mass is 298 g/mol. The third-order valence-electron chi connectivity index (χ3n) is 2.69. The number of anilines is 2. The van der Waals surface area contributed by atoms with E-state index in [0.717, 1.165) is 16.3 Å². The van der Waals surface area contributed by atoms with E-state index in [9.17, 15) is 0 Å². The zero-order chi connectivity index (χ0) is 13.8. The van der Waals surface area contributed by atoms with E-state index < -0.39 is 0 Å². The zero-order valence-corrected chi connectivity index (χ0v) is 12.3. The summed E-state index contributed by atoms with van der Waals surface area (Å²) in [6.07, 6.45) is 0. The molecule has 0 atom stereocenters. The Morgan fingerprint density at radius 2 is 2.00 bits per heavy atom. The molecule has 0 saturated heterocycles. The van der Waals surface area contributed by atoms with E-state index in [1.165, 1.54) is 0 Å². The van der Waals surface area contributed by atoms with Crippen LogP contribution in [-0.2, 0) is 6.54 Å². The lowest BCUT2D eigenvalue weighted by atomic mass is 10.2. The normalized spacial score (nSPS) is 10.3. The Morgan fingerprint density at radius 3 is 2.58 bits per heavy atom. The van der Waals surface area contributed by atoms with Crippen LogP contribution in [0.15, 0.2) is 23.6 Å². The fourth-order valence-electron chi connectivity index (χ4n) is 1.67. The van der Waals surface area contributed by atoms with Gasteiger partial charge in [0, 0.05) is 22.7 Å². The molecular weight excluding hydrogens is 284 g/mol. The van der Waals surface area contributed by atoms with Crippen LogP contribution < -0.4 is 20.5 Å². The van der Waals surface area contributed by atoms with E-state index in [0.29, 0.717) is 23.1 Å². The Hall–Kier alpha value is -1.59. The number of methoxy groups -OCH3 is 2. The van der Waals surface area contributed by atoms with Crippen LogP contribution in [0, 0.1) is 0 Å². The van der Waals surface area contributed by atoms with Crippen molar-refractivity contribution in [3.8, 4) is 11.5 Å². The van der Waals surface area contributed by atoms with Crippen molar-refractivity contribution >= 4 is 34.3 Å². The first-order valence-electron chi connectivity index (χ1n) is 5.63. The molecule has 0 unspecified atom stereocenters. The summed E-state index contributed by atoms with van der Waals surface area (Å²) in [5.41, 5.74) is 7.45. The summed E-state index contributed by atoms with van der Waals surface area (Å²) in [6, 6.07) is 5.42. The van der Waals surface area contributed by atoms with Crippen molar-refractivity contribution < 1.29 is 9.47 Å². The lowest BCUT2D eigenvalue weighted by Crippen LogP contribution is -2.02. The van der Waals surface area contributed by atoms with Crippen LogP contribution in [0.5, 0.6) is 11.5 Å². The number of nitrogen functional groups attached to an aromatic ring is 1. The first kappa shape index (κ1) is 13.8. The molecule has 0 aliphatic carbocycles. The number of nitrogens with two attached hydrogens (primary N) is 1. The smallest absolute Gasteiger partial charge is 0.143 e.